The lowest BCUT2D eigenvalue weighted by molar-refractivity contribution is 0.0626. The highest BCUT2D eigenvalue weighted by Gasteiger charge is 2.27. The number of amides is 1. The van der Waals surface area contributed by atoms with Crippen LogP contribution < -0.4 is 0 Å². The van der Waals surface area contributed by atoms with Crippen LogP contribution in [0.2, 0.25) is 0 Å². The second kappa shape index (κ2) is 9.26. The summed E-state index contributed by atoms with van der Waals surface area (Å²) in [5.74, 6) is 0.353. The second-order valence-electron chi connectivity index (χ2n) is 8.54. The average molecular weight is 437 g/mol. The zero-order valence-electron chi connectivity index (χ0n) is 18.2. The molecule has 2 aliphatic rings. The summed E-state index contributed by atoms with van der Waals surface area (Å²) < 4.78 is 17.0. The summed E-state index contributed by atoms with van der Waals surface area (Å²) in [4.78, 5) is 20.4. The van der Waals surface area contributed by atoms with Gasteiger partial charge in [0.05, 0.1) is 11.9 Å². The summed E-state index contributed by atoms with van der Waals surface area (Å²) in [5, 5.41) is 4.49. The molecule has 0 spiro atoms. The number of aromatic nitrogens is 3. The summed E-state index contributed by atoms with van der Waals surface area (Å²) in [7, 11) is 0. The van der Waals surface area contributed by atoms with Gasteiger partial charge in [0.2, 0.25) is 0 Å². The van der Waals surface area contributed by atoms with Crippen LogP contribution in [0.3, 0.4) is 0 Å². The third kappa shape index (κ3) is 4.33. The first kappa shape index (κ1) is 20.9. The van der Waals surface area contributed by atoms with Gasteiger partial charge in [0.25, 0.3) is 5.91 Å². The fourth-order valence-electron chi connectivity index (χ4n) is 4.62. The smallest absolute Gasteiger partial charge is 0.259 e. The van der Waals surface area contributed by atoms with Crippen molar-refractivity contribution in [3.05, 3.63) is 66.4 Å². The zero-order valence-corrected chi connectivity index (χ0v) is 18.2. The van der Waals surface area contributed by atoms with Crippen LogP contribution in [-0.4, -0.2) is 87.3 Å². The van der Waals surface area contributed by atoms with Crippen molar-refractivity contribution in [2.45, 2.75) is 12.8 Å². The monoisotopic (exact) mass is 436 g/mol. The third-order valence-electron chi connectivity index (χ3n) is 6.49. The number of halogens is 1. The number of nitrogens with zero attached hydrogens (tertiary/aromatic N) is 6. The average Bonchev–Trinajstić information content (AvgIpc) is 3.59. The van der Waals surface area contributed by atoms with Gasteiger partial charge in [-0.1, -0.05) is 0 Å². The van der Waals surface area contributed by atoms with Crippen molar-refractivity contribution in [1.82, 2.24) is 29.0 Å². The van der Waals surface area contributed by atoms with Gasteiger partial charge >= 0.3 is 0 Å². The van der Waals surface area contributed by atoms with Crippen LogP contribution in [0.5, 0.6) is 0 Å². The molecule has 0 radical (unpaired) electrons. The summed E-state index contributed by atoms with van der Waals surface area (Å²) in [6.07, 6.45) is 8.05. The van der Waals surface area contributed by atoms with E-state index in [1.165, 1.54) is 38.1 Å². The molecular weight excluding hydrogens is 407 g/mol. The van der Waals surface area contributed by atoms with E-state index in [0.717, 1.165) is 26.2 Å². The number of piperazine rings is 1. The fourth-order valence-corrected chi connectivity index (χ4v) is 4.62. The molecule has 2 aliphatic heterocycles. The summed E-state index contributed by atoms with van der Waals surface area (Å²) in [6, 6.07) is 9.97. The molecule has 0 atom stereocenters. The molecule has 4 heterocycles. The van der Waals surface area contributed by atoms with E-state index < -0.39 is 0 Å². The van der Waals surface area contributed by atoms with Gasteiger partial charge in [0, 0.05) is 51.7 Å². The minimum absolute atomic E-state index is 0.0127. The number of hydrogen-bond donors (Lipinski definition) is 0. The molecule has 3 aromatic rings. The topological polar surface area (TPSA) is 49.5 Å². The van der Waals surface area contributed by atoms with E-state index >= 15 is 0 Å². The lowest BCUT2D eigenvalue weighted by atomic mass is 10.2. The molecule has 168 valence electrons. The van der Waals surface area contributed by atoms with Crippen molar-refractivity contribution < 1.29 is 9.18 Å². The van der Waals surface area contributed by atoms with Crippen molar-refractivity contribution in [1.29, 1.82) is 0 Å². The lowest BCUT2D eigenvalue weighted by Gasteiger charge is -2.35. The Balaban J connectivity index is 1.31. The number of likely N-dealkylation sites (tertiary alicyclic amines) is 1. The third-order valence-corrected chi connectivity index (χ3v) is 6.49. The number of rotatable bonds is 6. The van der Waals surface area contributed by atoms with E-state index in [4.69, 9.17) is 0 Å². The van der Waals surface area contributed by atoms with Crippen LogP contribution in [0.1, 0.15) is 23.2 Å². The van der Waals surface area contributed by atoms with E-state index in [1.54, 1.807) is 23.0 Å². The SMILES string of the molecule is O=C(c1cnn(-c2ccc(F)cc2)c1-n1cccc1)N1CCN(CCN2CCCC2)CC1. The first-order valence-corrected chi connectivity index (χ1v) is 11.4. The van der Waals surface area contributed by atoms with Crippen molar-refractivity contribution >= 4 is 5.91 Å². The minimum atomic E-state index is -0.303. The van der Waals surface area contributed by atoms with E-state index in [-0.39, 0.29) is 11.7 Å². The maximum Gasteiger partial charge on any atom is 0.259 e. The maximum atomic E-state index is 13.5. The van der Waals surface area contributed by atoms with Crippen molar-refractivity contribution in [2.24, 2.45) is 0 Å². The van der Waals surface area contributed by atoms with E-state index in [9.17, 15) is 9.18 Å². The molecule has 2 fully saturated rings. The molecule has 2 aromatic heterocycles. The maximum absolute atomic E-state index is 13.5. The molecule has 0 unspecified atom stereocenters. The molecule has 0 bridgehead atoms. The van der Waals surface area contributed by atoms with Crippen LogP contribution >= 0.6 is 0 Å². The number of hydrogen-bond acceptors (Lipinski definition) is 4. The normalized spacial score (nSPS) is 17.8. The molecule has 32 heavy (non-hydrogen) atoms. The van der Waals surface area contributed by atoms with Gasteiger partial charge in [0.1, 0.15) is 11.4 Å². The molecule has 0 saturated carbocycles. The first-order chi connectivity index (χ1) is 15.7. The highest BCUT2D eigenvalue weighted by molar-refractivity contribution is 5.97. The Morgan fingerprint density at radius 1 is 0.875 bits per heavy atom. The van der Waals surface area contributed by atoms with Crippen LogP contribution in [0.25, 0.3) is 11.5 Å². The molecular formula is C24H29FN6O. The lowest BCUT2D eigenvalue weighted by Crippen LogP contribution is -2.50. The molecule has 5 rings (SSSR count). The largest absolute Gasteiger partial charge is 0.336 e. The molecule has 1 aromatic carbocycles. The first-order valence-electron chi connectivity index (χ1n) is 11.4. The molecule has 8 heteroatoms. The molecule has 7 nitrogen and oxygen atoms in total. The van der Waals surface area contributed by atoms with Gasteiger partial charge in [-0.15, -0.1) is 0 Å². The summed E-state index contributed by atoms with van der Waals surface area (Å²) in [5.41, 5.74) is 1.26. The number of carbonyl (C=O) groups is 1. The highest BCUT2D eigenvalue weighted by Crippen LogP contribution is 2.22. The zero-order chi connectivity index (χ0) is 21.9. The Kier molecular flexibility index (Phi) is 6.05. The van der Waals surface area contributed by atoms with Gasteiger partial charge in [-0.3, -0.25) is 9.69 Å². The van der Waals surface area contributed by atoms with Crippen LogP contribution in [0.15, 0.2) is 55.0 Å². The van der Waals surface area contributed by atoms with E-state index in [0.29, 0.717) is 30.2 Å². The van der Waals surface area contributed by atoms with Crippen molar-refractivity contribution in [3.8, 4) is 11.5 Å². The predicted octanol–water partition coefficient (Wildman–Crippen LogP) is 2.66. The molecule has 0 aliphatic carbocycles. The number of benzene rings is 1. The standard InChI is InChI=1S/C24H29FN6O/c25-20-5-7-21(8-6-20)31-23(29-11-3-4-12-29)22(19-26-31)24(32)30-17-15-28(16-18-30)14-13-27-9-1-2-10-27/h3-8,11-12,19H,1-2,9-10,13-18H2. The van der Waals surface area contributed by atoms with Gasteiger partial charge in [-0.05, 0) is 62.3 Å². The Bertz CT molecular complexity index is 1030. The number of carbonyl (C=O) groups excluding carboxylic acids is 1. The van der Waals surface area contributed by atoms with Gasteiger partial charge in [0.15, 0.2) is 5.82 Å². The predicted molar refractivity (Wildman–Crippen MR) is 121 cm³/mol. The van der Waals surface area contributed by atoms with Crippen LogP contribution in [0, 0.1) is 5.82 Å². The van der Waals surface area contributed by atoms with Gasteiger partial charge in [-0.2, -0.15) is 5.10 Å². The fraction of sp³-hybridized carbons (Fsp3) is 0.417. The van der Waals surface area contributed by atoms with Gasteiger partial charge < -0.3 is 14.4 Å². The van der Waals surface area contributed by atoms with Crippen molar-refractivity contribution in [3.63, 3.8) is 0 Å². The van der Waals surface area contributed by atoms with Crippen LogP contribution in [-0.2, 0) is 0 Å². The van der Waals surface area contributed by atoms with E-state index in [1.807, 2.05) is 34.0 Å². The summed E-state index contributed by atoms with van der Waals surface area (Å²) in [6.45, 7) is 7.85. The molecule has 1 amide bonds. The molecule has 2 saturated heterocycles. The minimum Gasteiger partial charge on any atom is -0.336 e. The molecule has 0 N–H and O–H groups in total. The Morgan fingerprint density at radius 3 is 2.16 bits per heavy atom. The summed E-state index contributed by atoms with van der Waals surface area (Å²) >= 11 is 0. The van der Waals surface area contributed by atoms with Gasteiger partial charge in [-0.25, -0.2) is 9.07 Å². The van der Waals surface area contributed by atoms with Crippen LogP contribution in [0.4, 0.5) is 4.39 Å². The Labute approximate surface area is 187 Å². The van der Waals surface area contributed by atoms with Crippen molar-refractivity contribution in [2.75, 3.05) is 52.4 Å². The second-order valence-corrected chi connectivity index (χ2v) is 8.54. The highest BCUT2D eigenvalue weighted by atomic mass is 19.1. The van der Waals surface area contributed by atoms with E-state index in [2.05, 4.69) is 14.9 Å². The quantitative estimate of drug-likeness (QED) is 0.596. The Hall–Kier alpha value is -2.97. The Morgan fingerprint density at radius 2 is 1.50 bits per heavy atom.